The van der Waals surface area contributed by atoms with Crippen LogP contribution in [0.4, 0.5) is 0 Å². The lowest BCUT2D eigenvalue weighted by atomic mass is 10.1. The highest BCUT2D eigenvalue weighted by molar-refractivity contribution is 7.90. The number of aromatic nitrogens is 5. The second-order valence-electron chi connectivity index (χ2n) is 6.67. The van der Waals surface area contributed by atoms with E-state index in [0.29, 0.717) is 17.2 Å². The van der Waals surface area contributed by atoms with Crippen molar-refractivity contribution in [3.63, 3.8) is 0 Å². The largest absolute Gasteiger partial charge is 0.282 e. The predicted molar refractivity (Wildman–Crippen MR) is 110 cm³/mol. The molecule has 3 aromatic heterocycles. The summed E-state index contributed by atoms with van der Waals surface area (Å²) < 4.78 is 25.1. The van der Waals surface area contributed by atoms with E-state index >= 15 is 0 Å². The molecule has 5 rings (SSSR count). The van der Waals surface area contributed by atoms with Gasteiger partial charge in [0.05, 0.1) is 39.7 Å². The van der Waals surface area contributed by atoms with Crippen LogP contribution in [0.3, 0.4) is 0 Å². The molecule has 0 amide bonds. The van der Waals surface area contributed by atoms with E-state index in [9.17, 15) is 8.42 Å². The molecular weight excluding hydrogens is 386 g/mol. The van der Waals surface area contributed by atoms with Gasteiger partial charge in [-0.15, -0.1) is 0 Å². The summed E-state index contributed by atoms with van der Waals surface area (Å²) in [4.78, 5) is 18.4. The standard InChI is InChI=1S/C21H15N5O2S/c1-29(27,28)15-8-6-14(7-9-15)16-10-11-26-20(13-23-21(26)25-16)19-12-22-17-4-2-3-5-18(17)24-19/h2-13H,1H3. The number of fused-ring (bicyclic) bond motifs is 2. The Bertz CT molecular complexity index is 1470. The summed E-state index contributed by atoms with van der Waals surface area (Å²) in [7, 11) is -3.23. The van der Waals surface area contributed by atoms with Crippen LogP contribution in [0.25, 0.3) is 39.5 Å². The SMILES string of the molecule is CS(=O)(=O)c1ccc(-c2ccn3c(-c4cnc5ccccc5n4)cnc3n2)cc1. The van der Waals surface area contributed by atoms with Gasteiger partial charge in [-0.25, -0.2) is 23.4 Å². The van der Waals surface area contributed by atoms with Crippen LogP contribution >= 0.6 is 0 Å². The molecule has 142 valence electrons. The summed E-state index contributed by atoms with van der Waals surface area (Å²) in [5, 5.41) is 0. The van der Waals surface area contributed by atoms with Crippen LogP contribution in [-0.2, 0) is 9.84 Å². The Kier molecular flexibility index (Phi) is 3.88. The molecule has 3 heterocycles. The minimum absolute atomic E-state index is 0.278. The summed E-state index contributed by atoms with van der Waals surface area (Å²) in [6.45, 7) is 0. The quantitative estimate of drug-likeness (QED) is 0.460. The first-order chi connectivity index (χ1) is 14.0. The predicted octanol–water partition coefficient (Wildman–Crippen LogP) is 3.41. The van der Waals surface area contributed by atoms with Crippen molar-refractivity contribution in [3.05, 3.63) is 73.2 Å². The van der Waals surface area contributed by atoms with E-state index in [0.717, 1.165) is 22.3 Å². The zero-order valence-electron chi connectivity index (χ0n) is 15.4. The highest BCUT2D eigenvalue weighted by Gasteiger charge is 2.12. The van der Waals surface area contributed by atoms with Crippen LogP contribution in [0.5, 0.6) is 0 Å². The Balaban J connectivity index is 1.56. The van der Waals surface area contributed by atoms with Gasteiger partial charge in [0.15, 0.2) is 9.84 Å². The Morgan fingerprint density at radius 2 is 1.55 bits per heavy atom. The fourth-order valence-electron chi connectivity index (χ4n) is 3.17. The van der Waals surface area contributed by atoms with Crippen molar-refractivity contribution in [3.8, 4) is 22.6 Å². The smallest absolute Gasteiger partial charge is 0.234 e. The van der Waals surface area contributed by atoms with Gasteiger partial charge >= 0.3 is 0 Å². The van der Waals surface area contributed by atoms with Gasteiger partial charge in [-0.2, -0.15) is 0 Å². The molecule has 0 unspecified atom stereocenters. The average molecular weight is 401 g/mol. The van der Waals surface area contributed by atoms with Gasteiger partial charge in [-0.1, -0.05) is 24.3 Å². The number of rotatable bonds is 3. The molecule has 8 heteroatoms. The van der Waals surface area contributed by atoms with E-state index in [2.05, 4.69) is 19.9 Å². The van der Waals surface area contributed by atoms with Crippen LogP contribution in [-0.4, -0.2) is 39.0 Å². The average Bonchev–Trinajstić information content (AvgIpc) is 3.16. The van der Waals surface area contributed by atoms with Crippen LogP contribution in [0, 0.1) is 0 Å². The zero-order valence-corrected chi connectivity index (χ0v) is 16.2. The van der Waals surface area contributed by atoms with Crippen molar-refractivity contribution in [2.45, 2.75) is 4.90 Å². The van der Waals surface area contributed by atoms with E-state index in [-0.39, 0.29) is 4.90 Å². The lowest BCUT2D eigenvalue weighted by Gasteiger charge is -2.05. The van der Waals surface area contributed by atoms with Crippen molar-refractivity contribution in [1.82, 2.24) is 24.3 Å². The van der Waals surface area contributed by atoms with Gasteiger partial charge in [0.2, 0.25) is 5.78 Å². The molecule has 0 fully saturated rings. The van der Waals surface area contributed by atoms with Crippen molar-refractivity contribution >= 4 is 26.6 Å². The third kappa shape index (κ3) is 3.13. The summed E-state index contributed by atoms with van der Waals surface area (Å²) in [6.07, 6.45) is 6.51. The Morgan fingerprint density at radius 3 is 2.31 bits per heavy atom. The first-order valence-corrected chi connectivity index (χ1v) is 10.7. The van der Waals surface area contributed by atoms with Crippen LogP contribution < -0.4 is 0 Å². The van der Waals surface area contributed by atoms with Crippen molar-refractivity contribution in [2.24, 2.45) is 0 Å². The van der Waals surface area contributed by atoms with Crippen LogP contribution in [0.2, 0.25) is 0 Å². The molecular formula is C21H15N5O2S. The van der Waals surface area contributed by atoms with Crippen molar-refractivity contribution in [2.75, 3.05) is 6.26 Å². The Morgan fingerprint density at radius 1 is 0.793 bits per heavy atom. The van der Waals surface area contributed by atoms with E-state index in [4.69, 9.17) is 0 Å². The molecule has 0 aliphatic carbocycles. The van der Waals surface area contributed by atoms with Gasteiger partial charge in [0.25, 0.3) is 0 Å². The summed E-state index contributed by atoms with van der Waals surface area (Å²) in [6, 6.07) is 16.2. The number of para-hydroxylation sites is 2. The normalized spacial score (nSPS) is 11.9. The number of imidazole rings is 1. The molecule has 0 saturated heterocycles. The van der Waals surface area contributed by atoms with E-state index < -0.39 is 9.84 Å². The zero-order chi connectivity index (χ0) is 20.0. The van der Waals surface area contributed by atoms with E-state index in [1.807, 2.05) is 40.9 Å². The minimum Gasteiger partial charge on any atom is -0.282 e. The van der Waals surface area contributed by atoms with Crippen molar-refractivity contribution < 1.29 is 8.42 Å². The topological polar surface area (TPSA) is 90.1 Å². The first kappa shape index (κ1) is 17.4. The highest BCUT2D eigenvalue weighted by Crippen LogP contribution is 2.23. The number of sulfone groups is 1. The number of nitrogens with zero attached hydrogens (tertiary/aromatic N) is 5. The maximum atomic E-state index is 11.6. The third-order valence-electron chi connectivity index (χ3n) is 4.67. The number of hydrogen-bond acceptors (Lipinski definition) is 6. The molecule has 7 nitrogen and oxygen atoms in total. The minimum atomic E-state index is -3.23. The number of benzene rings is 2. The summed E-state index contributed by atoms with van der Waals surface area (Å²) in [5.41, 5.74) is 4.68. The van der Waals surface area contributed by atoms with Gasteiger partial charge in [0, 0.05) is 18.0 Å². The molecule has 0 saturated carbocycles. The fraction of sp³-hybridized carbons (Fsp3) is 0.0476. The maximum absolute atomic E-state index is 11.6. The van der Waals surface area contributed by atoms with Gasteiger partial charge in [0.1, 0.15) is 5.69 Å². The molecule has 29 heavy (non-hydrogen) atoms. The van der Waals surface area contributed by atoms with E-state index in [1.165, 1.54) is 6.26 Å². The molecule has 0 aliphatic rings. The summed E-state index contributed by atoms with van der Waals surface area (Å²) in [5.74, 6) is 0.527. The van der Waals surface area contributed by atoms with E-state index in [1.54, 1.807) is 36.7 Å². The van der Waals surface area contributed by atoms with Crippen LogP contribution in [0.15, 0.2) is 78.1 Å². The summed E-state index contributed by atoms with van der Waals surface area (Å²) >= 11 is 0. The second-order valence-corrected chi connectivity index (χ2v) is 8.68. The molecule has 5 aromatic rings. The maximum Gasteiger partial charge on any atom is 0.234 e. The number of hydrogen-bond donors (Lipinski definition) is 0. The van der Waals surface area contributed by atoms with Gasteiger partial charge in [-0.05, 0) is 30.3 Å². The monoisotopic (exact) mass is 401 g/mol. The molecule has 0 N–H and O–H groups in total. The van der Waals surface area contributed by atoms with Crippen LogP contribution in [0.1, 0.15) is 0 Å². The molecule has 2 aromatic carbocycles. The third-order valence-corrected chi connectivity index (χ3v) is 5.80. The molecule has 0 bridgehead atoms. The molecule has 0 aliphatic heterocycles. The van der Waals surface area contributed by atoms with Gasteiger partial charge < -0.3 is 0 Å². The lowest BCUT2D eigenvalue weighted by Crippen LogP contribution is -1.97. The first-order valence-electron chi connectivity index (χ1n) is 8.86. The Hall–Kier alpha value is -3.65. The molecule has 0 radical (unpaired) electrons. The molecule has 0 atom stereocenters. The van der Waals surface area contributed by atoms with Gasteiger partial charge in [-0.3, -0.25) is 9.38 Å². The Labute approximate surface area is 166 Å². The van der Waals surface area contributed by atoms with Crippen molar-refractivity contribution in [1.29, 1.82) is 0 Å². The fourth-order valence-corrected chi connectivity index (χ4v) is 3.81. The lowest BCUT2D eigenvalue weighted by molar-refractivity contribution is 0.602. The molecule has 0 spiro atoms. The highest BCUT2D eigenvalue weighted by atomic mass is 32.2. The second kappa shape index (κ2) is 6.46.